The Morgan fingerprint density at radius 3 is 2.39 bits per heavy atom. The first-order valence-corrected chi connectivity index (χ1v) is 11.4. The van der Waals surface area contributed by atoms with Gasteiger partial charge in [0, 0.05) is 17.1 Å². The van der Waals surface area contributed by atoms with Crippen LogP contribution in [0.4, 0.5) is 0 Å². The van der Waals surface area contributed by atoms with E-state index in [1.54, 1.807) is 6.08 Å². The summed E-state index contributed by atoms with van der Waals surface area (Å²) < 4.78 is 6.66. The smallest absolute Gasteiger partial charge is 0.189 e. The monoisotopic (exact) mass is 392 g/mol. The van der Waals surface area contributed by atoms with Gasteiger partial charge in [0.1, 0.15) is 15.3 Å². The maximum Gasteiger partial charge on any atom is 0.189 e. The summed E-state index contributed by atoms with van der Waals surface area (Å²) in [5.41, 5.74) is 0.499. The van der Waals surface area contributed by atoms with E-state index in [1.165, 1.54) is 12.8 Å². The van der Waals surface area contributed by atoms with Crippen LogP contribution in [0.2, 0.25) is 5.04 Å². The third kappa shape index (κ3) is 3.95. The molecule has 0 aliphatic carbocycles. The van der Waals surface area contributed by atoms with Gasteiger partial charge in [0.05, 0.1) is 5.22 Å². The zero-order chi connectivity index (χ0) is 20.6. The van der Waals surface area contributed by atoms with Crippen molar-refractivity contribution in [3.63, 3.8) is 0 Å². The molecule has 3 rings (SSSR count). The summed E-state index contributed by atoms with van der Waals surface area (Å²) in [6.45, 7) is 13.1. The average Bonchev–Trinajstić information content (AvgIpc) is 3.23. The van der Waals surface area contributed by atoms with Crippen LogP contribution in [-0.2, 0) is 4.74 Å². The molecule has 1 fully saturated rings. The third-order valence-electron chi connectivity index (χ3n) is 5.87. The van der Waals surface area contributed by atoms with E-state index in [9.17, 15) is 4.79 Å². The molecule has 1 aliphatic rings. The van der Waals surface area contributed by atoms with Gasteiger partial charge in [-0.25, -0.2) is 0 Å². The summed E-state index contributed by atoms with van der Waals surface area (Å²) in [7, 11) is 0.793. The van der Waals surface area contributed by atoms with E-state index < -0.39 is 0 Å². The normalized spacial score (nSPS) is 25.0. The van der Waals surface area contributed by atoms with Crippen molar-refractivity contribution < 1.29 is 9.53 Å². The van der Waals surface area contributed by atoms with E-state index in [2.05, 4.69) is 47.6 Å². The standard InChI is InChI=1S/C25H32O2Si/c1-7-15-24(6)25(8-2,28-24)27-22(23(3,4)5)17-21(26)20-14-13-18-11-9-10-12-19(18)16-20/h9-14,16-17H,7-8,15H2,1-6H3/b22-17-. The Balaban J connectivity index is 1.91. The number of hydrogen-bond acceptors (Lipinski definition) is 2. The lowest BCUT2D eigenvalue weighted by Crippen LogP contribution is -2.25. The van der Waals surface area contributed by atoms with Gasteiger partial charge in [-0.2, -0.15) is 0 Å². The number of allylic oxidation sites excluding steroid dienone is 2. The predicted molar refractivity (Wildman–Crippen MR) is 119 cm³/mol. The second-order valence-corrected chi connectivity index (χ2v) is 11.3. The van der Waals surface area contributed by atoms with E-state index in [-0.39, 0.29) is 21.5 Å². The van der Waals surface area contributed by atoms with E-state index in [0.717, 1.165) is 32.5 Å². The fraction of sp³-hybridized carbons (Fsp3) is 0.480. The molecule has 2 nitrogen and oxygen atoms in total. The Labute approximate surface area is 172 Å². The van der Waals surface area contributed by atoms with Crippen LogP contribution in [0.5, 0.6) is 0 Å². The lowest BCUT2D eigenvalue weighted by Gasteiger charge is -2.31. The van der Waals surface area contributed by atoms with Crippen LogP contribution >= 0.6 is 0 Å². The quantitative estimate of drug-likeness (QED) is 0.225. The van der Waals surface area contributed by atoms with Crippen LogP contribution in [0.1, 0.15) is 71.2 Å². The SMILES string of the molecule is CCCC1(C)[Si]C1(CC)O/C(=C\C(=O)c1ccc2ccccc2c1)C(C)(C)C. The molecule has 0 amide bonds. The van der Waals surface area contributed by atoms with Gasteiger partial charge in [0.15, 0.2) is 5.78 Å². The van der Waals surface area contributed by atoms with Crippen molar-refractivity contribution >= 4 is 26.1 Å². The van der Waals surface area contributed by atoms with Gasteiger partial charge in [-0.3, -0.25) is 4.79 Å². The second-order valence-electron chi connectivity index (χ2n) is 9.17. The predicted octanol–water partition coefficient (Wildman–Crippen LogP) is 6.77. The second kappa shape index (κ2) is 7.51. The highest BCUT2D eigenvalue weighted by molar-refractivity contribution is 6.59. The molecular formula is C25H32O2Si. The third-order valence-corrected chi connectivity index (χ3v) is 8.24. The Kier molecular flexibility index (Phi) is 5.59. The number of benzene rings is 2. The largest absolute Gasteiger partial charge is 0.495 e. The molecule has 1 aliphatic heterocycles. The van der Waals surface area contributed by atoms with Crippen molar-refractivity contribution in [1.29, 1.82) is 0 Å². The van der Waals surface area contributed by atoms with Crippen molar-refractivity contribution in [1.82, 2.24) is 0 Å². The molecule has 2 atom stereocenters. The number of rotatable bonds is 7. The fourth-order valence-corrected chi connectivity index (χ4v) is 5.89. The molecule has 28 heavy (non-hydrogen) atoms. The number of ether oxygens (including phenoxy) is 1. The van der Waals surface area contributed by atoms with Crippen molar-refractivity contribution in [3.05, 3.63) is 59.9 Å². The van der Waals surface area contributed by atoms with Crippen molar-refractivity contribution in [3.8, 4) is 0 Å². The molecule has 0 saturated carbocycles. The summed E-state index contributed by atoms with van der Waals surface area (Å²) in [4.78, 5) is 13.1. The van der Waals surface area contributed by atoms with Crippen molar-refractivity contribution in [2.24, 2.45) is 5.41 Å². The zero-order valence-electron chi connectivity index (χ0n) is 18.1. The lowest BCUT2D eigenvalue weighted by atomic mass is 9.90. The summed E-state index contributed by atoms with van der Waals surface area (Å²) >= 11 is 0. The van der Waals surface area contributed by atoms with E-state index in [1.807, 2.05) is 36.4 Å². The molecule has 2 radical (unpaired) electrons. The van der Waals surface area contributed by atoms with Crippen LogP contribution in [0.3, 0.4) is 0 Å². The molecule has 2 unspecified atom stereocenters. The molecule has 0 N–H and O–H groups in total. The zero-order valence-corrected chi connectivity index (χ0v) is 19.1. The number of fused-ring (bicyclic) bond motifs is 1. The summed E-state index contributed by atoms with van der Waals surface area (Å²) in [5, 5.41) is 2.37. The maximum atomic E-state index is 13.1. The van der Waals surface area contributed by atoms with Crippen LogP contribution < -0.4 is 0 Å². The molecule has 2 aromatic rings. The first-order valence-electron chi connectivity index (χ1n) is 10.4. The number of ketones is 1. The topological polar surface area (TPSA) is 26.3 Å². The van der Waals surface area contributed by atoms with Crippen LogP contribution in [0.25, 0.3) is 10.8 Å². The minimum Gasteiger partial charge on any atom is -0.495 e. The van der Waals surface area contributed by atoms with Gasteiger partial charge in [0.2, 0.25) is 0 Å². The van der Waals surface area contributed by atoms with Crippen LogP contribution in [-0.4, -0.2) is 20.5 Å². The highest BCUT2D eigenvalue weighted by Crippen LogP contribution is 2.63. The Bertz CT molecular complexity index is 908. The molecule has 148 valence electrons. The first-order chi connectivity index (χ1) is 13.1. The Morgan fingerprint density at radius 2 is 1.79 bits per heavy atom. The van der Waals surface area contributed by atoms with E-state index in [0.29, 0.717) is 5.56 Å². The fourth-order valence-electron chi connectivity index (χ4n) is 4.00. The summed E-state index contributed by atoms with van der Waals surface area (Å²) in [6.07, 6.45) is 5.06. The molecule has 0 aromatic heterocycles. The molecular weight excluding hydrogens is 360 g/mol. The van der Waals surface area contributed by atoms with Crippen molar-refractivity contribution in [2.45, 2.75) is 71.1 Å². The number of hydrogen-bond donors (Lipinski definition) is 0. The average molecular weight is 393 g/mol. The highest BCUT2D eigenvalue weighted by Gasteiger charge is 2.66. The number of carbonyl (C=O) groups excluding carboxylic acids is 1. The van der Waals surface area contributed by atoms with E-state index >= 15 is 0 Å². The minimum absolute atomic E-state index is 0.0168. The maximum absolute atomic E-state index is 13.1. The van der Waals surface area contributed by atoms with Gasteiger partial charge in [-0.05, 0) is 34.7 Å². The van der Waals surface area contributed by atoms with Crippen LogP contribution in [0, 0.1) is 5.41 Å². The minimum atomic E-state index is -0.213. The summed E-state index contributed by atoms with van der Waals surface area (Å²) in [5.74, 6) is 0.822. The Morgan fingerprint density at radius 1 is 1.11 bits per heavy atom. The van der Waals surface area contributed by atoms with Gasteiger partial charge in [0.25, 0.3) is 0 Å². The lowest BCUT2D eigenvalue weighted by molar-refractivity contribution is 0.0459. The van der Waals surface area contributed by atoms with E-state index in [4.69, 9.17) is 4.74 Å². The van der Waals surface area contributed by atoms with Crippen LogP contribution in [0.15, 0.2) is 54.3 Å². The van der Waals surface area contributed by atoms with Gasteiger partial charge in [-0.15, -0.1) is 0 Å². The number of carbonyl (C=O) groups is 1. The molecule has 0 bridgehead atoms. The Hall–Kier alpha value is -1.87. The summed E-state index contributed by atoms with van der Waals surface area (Å²) in [6, 6.07) is 14.0. The molecule has 1 heterocycles. The molecule has 0 spiro atoms. The highest BCUT2D eigenvalue weighted by atomic mass is 28.2. The molecule has 1 saturated heterocycles. The van der Waals surface area contributed by atoms with Gasteiger partial charge < -0.3 is 4.74 Å². The molecule has 3 heteroatoms. The first kappa shape index (κ1) is 20.9. The van der Waals surface area contributed by atoms with Crippen molar-refractivity contribution in [2.75, 3.05) is 0 Å². The van der Waals surface area contributed by atoms with Gasteiger partial charge >= 0.3 is 0 Å². The molecule has 2 aromatic carbocycles. The van der Waals surface area contributed by atoms with Gasteiger partial charge in [-0.1, -0.05) is 84.4 Å².